The first-order valence-corrected chi connectivity index (χ1v) is 14.2. The lowest BCUT2D eigenvalue weighted by molar-refractivity contribution is -0.137. The number of ether oxygens (including phenoxy) is 1. The SMILES string of the molecule is CCS(=O)(=O)c1ccc([C@@H](CO)c2c(C(N)=O)ccc(N3CC[C@H](Oc4ccc(C(F)(F)F)cc4)C3)c2F)cc1. The molecular weight excluding hydrogens is 552 g/mol. The number of aliphatic hydroxyl groups is 1. The van der Waals surface area contributed by atoms with Crippen LogP contribution in [0.25, 0.3) is 0 Å². The van der Waals surface area contributed by atoms with Gasteiger partial charge in [0.15, 0.2) is 15.7 Å². The summed E-state index contributed by atoms with van der Waals surface area (Å²) in [6, 6.07) is 12.8. The van der Waals surface area contributed by atoms with E-state index in [9.17, 15) is 31.5 Å². The summed E-state index contributed by atoms with van der Waals surface area (Å²) in [7, 11) is -3.48. The Balaban J connectivity index is 1.60. The van der Waals surface area contributed by atoms with E-state index >= 15 is 4.39 Å². The number of amides is 1. The van der Waals surface area contributed by atoms with E-state index in [0.29, 0.717) is 18.5 Å². The van der Waals surface area contributed by atoms with E-state index in [1.54, 1.807) is 4.90 Å². The number of anilines is 1. The quantitative estimate of drug-likeness (QED) is 0.361. The first-order chi connectivity index (χ1) is 18.9. The zero-order valence-corrected chi connectivity index (χ0v) is 22.3. The van der Waals surface area contributed by atoms with Crippen LogP contribution in [0, 0.1) is 5.82 Å². The zero-order valence-electron chi connectivity index (χ0n) is 21.5. The van der Waals surface area contributed by atoms with Gasteiger partial charge in [0.2, 0.25) is 5.91 Å². The average molecular weight is 581 g/mol. The number of aliphatic hydroxyl groups excluding tert-OH is 1. The van der Waals surface area contributed by atoms with Gasteiger partial charge in [0, 0.05) is 30.0 Å². The highest BCUT2D eigenvalue weighted by Crippen LogP contribution is 2.36. The van der Waals surface area contributed by atoms with Crippen LogP contribution in [0.4, 0.5) is 23.2 Å². The summed E-state index contributed by atoms with van der Waals surface area (Å²) in [6.07, 6.45) is -4.43. The molecule has 0 aromatic heterocycles. The van der Waals surface area contributed by atoms with E-state index in [-0.39, 0.29) is 39.8 Å². The van der Waals surface area contributed by atoms with Crippen molar-refractivity contribution in [2.24, 2.45) is 5.73 Å². The molecule has 0 unspecified atom stereocenters. The maximum atomic E-state index is 16.1. The number of hydrogen-bond acceptors (Lipinski definition) is 6. The number of benzene rings is 3. The molecule has 1 aliphatic rings. The molecule has 3 aromatic carbocycles. The molecule has 1 aliphatic heterocycles. The topological polar surface area (TPSA) is 110 Å². The fourth-order valence-corrected chi connectivity index (χ4v) is 5.66. The van der Waals surface area contributed by atoms with Gasteiger partial charge in [-0.05, 0) is 54.1 Å². The van der Waals surface area contributed by atoms with Crippen LogP contribution in [0.1, 0.15) is 46.3 Å². The van der Waals surface area contributed by atoms with Crippen molar-refractivity contribution >= 4 is 21.4 Å². The third-order valence-electron chi connectivity index (χ3n) is 6.95. The van der Waals surface area contributed by atoms with E-state index in [1.807, 2.05) is 0 Å². The zero-order chi connectivity index (χ0) is 29.2. The Labute approximate surface area is 229 Å². The predicted octanol–water partition coefficient (Wildman–Crippen LogP) is 4.52. The largest absolute Gasteiger partial charge is 0.489 e. The van der Waals surface area contributed by atoms with Crippen molar-refractivity contribution in [3.05, 3.63) is 88.7 Å². The second-order valence-electron chi connectivity index (χ2n) is 9.43. The van der Waals surface area contributed by atoms with Crippen molar-refractivity contribution < 1.29 is 40.6 Å². The Kier molecular flexibility index (Phi) is 8.41. The number of primary amides is 1. The van der Waals surface area contributed by atoms with Gasteiger partial charge in [-0.2, -0.15) is 13.2 Å². The van der Waals surface area contributed by atoms with Crippen LogP contribution in [0.15, 0.2) is 65.6 Å². The summed E-state index contributed by atoms with van der Waals surface area (Å²) < 4.78 is 84.8. The lowest BCUT2D eigenvalue weighted by atomic mass is 9.87. The molecule has 12 heteroatoms. The summed E-state index contributed by atoms with van der Waals surface area (Å²) in [4.78, 5) is 14.0. The summed E-state index contributed by atoms with van der Waals surface area (Å²) in [5.41, 5.74) is 5.03. The second kappa shape index (κ2) is 11.5. The maximum Gasteiger partial charge on any atom is 0.416 e. The third kappa shape index (κ3) is 6.07. The number of carbonyl (C=O) groups is 1. The van der Waals surface area contributed by atoms with Crippen LogP contribution in [0.3, 0.4) is 0 Å². The van der Waals surface area contributed by atoms with Crippen LogP contribution in [0.5, 0.6) is 5.75 Å². The highest BCUT2D eigenvalue weighted by molar-refractivity contribution is 7.91. The molecule has 7 nitrogen and oxygen atoms in total. The molecule has 0 aliphatic carbocycles. The van der Waals surface area contributed by atoms with E-state index in [0.717, 1.165) is 12.1 Å². The summed E-state index contributed by atoms with van der Waals surface area (Å²) in [5, 5.41) is 10.2. The molecule has 40 heavy (non-hydrogen) atoms. The highest BCUT2D eigenvalue weighted by Gasteiger charge is 2.32. The molecule has 3 N–H and O–H groups in total. The maximum absolute atomic E-state index is 16.1. The first-order valence-electron chi connectivity index (χ1n) is 12.5. The number of alkyl halides is 3. The molecule has 3 aromatic rings. The number of halogens is 4. The first kappa shape index (κ1) is 29.3. The standard InChI is InChI=1S/C28H28F4N2O5S/c1-2-40(37,38)21-9-3-17(4-10-21)23(16-35)25-22(27(33)36)11-12-24(26(25)29)34-14-13-20(15-34)39-19-7-5-18(6-8-19)28(30,31)32/h3-12,20,23,35H,2,13-16H2,1H3,(H2,33,36)/t20-,23+/m0/s1. The molecule has 4 rings (SSSR count). The van der Waals surface area contributed by atoms with Gasteiger partial charge in [0.1, 0.15) is 11.9 Å². The number of nitrogens with zero attached hydrogens (tertiary/aromatic N) is 1. The number of nitrogens with two attached hydrogens (primary N) is 1. The van der Waals surface area contributed by atoms with Gasteiger partial charge in [0.05, 0.1) is 35.1 Å². The minimum atomic E-state index is -4.46. The molecule has 1 amide bonds. The van der Waals surface area contributed by atoms with E-state index in [4.69, 9.17) is 10.5 Å². The number of carbonyl (C=O) groups excluding carboxylic acids is 1. The lowest BCUT2D eigenvalue weighted by Crippen LogP contribution is -2.27. The minimum Gasteiger partial charge on any atom is -0.489 e. The predicted molar refractivity (Wildman–Crippen MR) is 141 cm³/mol. The van der Waals surface area contributed by atoms with Crippen LogP contribution in [-0.2, 0) is 16.0 Å². The van der Waals surface area contributed by atoms with Gasteiger partial charge >= 0.3 is 6.18 Å². The molecule has 1 heterocycles. The molecule has 2 atom stereocenters. The normalized spacial score (nSPS) is 16.6. The van der Waals surface area contributed by atoms with E-state index in [1.165, 1.54) is 55.5 Å². The fourth-order valence-electron chi connectivity index (χ4n) is 4.78. The van der Waals surface area contributed by atoms with Crippen LogP contribution < -0.4 is 15.4 Å². The van der Waals surface area contributed by atoms with Crippen LogP contribution in [-0.4, -0.2) is 51.0 Å². The molecule has 214 valence electrons. The van der Waals surface area contributed by atoms with Crippen molar-refractivity contribution in [3.63, 3.8) is 0 Å². The molecule has 0 saturated carbocycles. The molecule has 0 spiro atoms. The Hall–Kier alpha value is -3.64. The smallest absolute Gasteiger partial charge is 0.416 e. The van der Waals surface area contributed by atoms with Crippen molar-refractivity contribution in [2.45, 2.75) is 36.4 Å². The second-order valence-corrected chi connectivity index (χ2v) is 11.7. The average Bonchev–Trinajstić information content (AvgIpc) is 3.37. The van der Waals surface area contributed by atoms with Crippen molar-refractivity contribution in [3.8, 4) is 5.75 Å². The van der Waals surface area contributed by atoms with Gasteiger partial charge < -0.3 is 20.5 Å². The monoisotopic (exact) mass is 580 g/mol. The Morgan fingerprint density at radius 1 is 1.10 bits per heavy atom. The number of rotatable bonds is 9. The lowest BCUT2D eigenvalue weighted by Gasteiger charge is -2.25. The Morgan fingerprint density at radius 3 is 2.30 bits per heavy atom. The molecule has 1 fully saturated rings. The van der Waals surface area contributed by atoms with Crippen molar-refractivity contribution in [1.29, 1.82) is 0 Å². The van der Waals surface area contributed by atoms with Crippen molar-refractivity contribution in [1.82, 2.24) is 0 Å². The van der Waals surface area contributed by atoms with Gasteiger partial charge in [-0.3, -0.25) is 4.79 Å². The number of sulfone groups is 1. The van der Waals surface area contributed by atoms with Gasteiger partial charge in [-0.1, -0.05) is 19.1 Å². The minimum absolute atomic E-state index is 0.0796. The Bertz CT molecular complexity index is 1480. The summed E-state index contributed by atoms with van der Waals surface area (Å²) >= 11 is 0. The van der Waals surface area contributed by atoms with Crippen molar-refractivity contribution in [2.75, 3.05) is 30.3 Å². The summed E-state index contributed by atoms with van der Waals surface area (Å²) in [6.45, 7) is 1.52. The Morgan fingerprint density at radius 2 is 1.75 bits per heavy atom. The van der Waals surface area contributed by atoms with Crippen LogP contribution >= 0.6 is 0 Å². The highest BCUT2D eigenvalue weighted by atomic mass is 32.2. The molecular formula is C28H28F4N2O5S. The van der Waals surface area contributed by atoms with Gasteiger partial charge in [-0.15, -0.1) is 0 Å². The third-order valence-corrected chi connectivity index (χ3v) is 8.70. The van der Waals surface area contributed by atoms with Gasteiger partial charge in [0.25, 0.3) is 0 Å². The van der Waals surface area contributed by atoms with Gasteiger partial charge in [-0.25, -0.2) is 12.8 Å². The molecule has 1 saturated heterocycles. The molecule has 0 bridgehead atoms. The molecule has 0 radical (unpaired) electrons. The van der Waals surface area contributed by atoms with E-state index < -0.39 is 51.9 Å². The van der Waals surface area contributed by atoms with E-state index in [2.05, 4.69) is 0 Å². The number of hydrogen-bond donors (Lipinski definition) is 2. The fraction of sp³-hybridized carbons (Fsp3) is 0.321. The van der Waals surface area contributed by atoms with Crippen LogP contribution in [0.2, 0.25) is 0 Å². The summed E-state index contributed by atoms with van der Waals surface area (Å²) in [5.74, 6) is -2.52.